The third-order valence-corrected chi connectivity index (χ3v) is 2.68. The summed E-state index contributed by atoms with van der Waals surface area (Å²) in [5, 5.41) is 0.941. The molecule has 0 radical (unpaired) electrons. The molecule has 2 N–H and O–H groups in total. The van der Waals surface area contributed by atoms with Crippen LogP contribution in [-0.4, -0.2) is 0 Å². The van der Waals surface area contributed by atoms with E-state index in [1.54, 1.807) is 11.3 Å². The molecule has 1 aromatic heterocycles. The van der Waals surface area contributed by atoms with Crippen molar-refractivity contribution in [3.8, 4) is 0 Å². The zero-order valence-electron chi connectivity index (χ0n) is 6.97. The molecule has 0 amide bonds. The van der Waals surface area contributed by atoms with Gasteiger partial charge in [-0.05, 0) is 25.0 Å². The molecule has 0 bridgehead atoms. The van der Waals surface area contributed by atoms with Crippen molar-refractivity contribution in [2.45, 2.75) is 32.6 Å². The lowest BCUT2D eigenvalue weighted by Crippen LogP contribution is -1.79. The molecule has 0 fully saturated rings. The van der Waals surface area contributed by atoms with E-state index < -0.39 is 0 Å². The van der Waals surface area contributed by atoms with Crippen molar-refractivity contribution in [1.29, 1.82) is 0 Å². The van der Waals surface area contributed by atoms with E-state index in [0.29, 0.717) is 0 Å². The summed E-state index contributed by atoms with van der Waals surface area (Å²) in [5.41, 5.74) is 5.60. The van der Waals surface area contributed by atoms with E-state index in [1.807, 2.05) is 6.07 Å². The molecular formula is C9H15NS. The Morgan fingerprint density at radius 1 is 1.36 bits per heavy atom. The van der Waals surface area contributed by atoms with Gasteiger partial charge in [-0.25, -0.2) is 0 Å². The number of thiophene rings is 1. The van der Waals surface area contributed by atoms with Gasteiger partial charge in [0, 0.05) is 4.88 Å². The van der Waals surface area contributed by atoms with Crippen LogP contribution >= 0.6 is 11.3 Å². The zero-order valence-corrected chi connectivity index (χ0v) is 7.79. The Labute approximate surface area is 72.2 Å². The van der Waals surface area contributed by atoms with Gasteiger partial charge >= 0.3 is 0 Å². The van der Waals surface area contributed by atoms with Crippen LogP contribution in [0, 0.1) is 0 Å². The molecule has 11 heavy (non-hydrogen) atoms. The smallest absolute Gasteiger partial charge is 0.0859 e. The highest BCUT2D eigenvalue weighted by atomic mass is 32.1. The van der Waals surface area contributed by atoms with E-state index in [-0.39, 0.29) is 0 Å². The van der Waals surface area contributed by atoms with Gasteiger partial charge in [-0.1, -0.05) is 19.8 Å². The number of anilines is 1. The van der Waals surface area contributed by atoms with Crippen LogP contribution in [0.15, 0.2) is 12.1 Å². The first kappa shape index (κ1) is 8.60. The second-order valence-corrected chi connectivity index (χ2v) is 3.96. The Balaban J connectivity index is 2.27. The highest BCUT2D eigenvalue weighted by molar-refractivity contribution is 7.15. The predicted octanol–water partition coefficient (Wildman–Crippen LogP) is 3.06. The molecule has 1 rings (SSSR count). The van der Waals surface area contributed by atoms with Gasteiger partial charge in [-0.15, -0.1) is 11.3 Å². The minimum atomic E-state index is 0.941. The highest BCUT2D eigenvalue weighted by Gasteiger charge is 1.95. The maximum Gasteiger partial charge on any atom is 0.0859 e. The fraction of sp³-hybridized carbons (Fsp3) is 0.556. The van der Waals surface area contributed by atoms with Crippen LogP contribution in [0.4, 0.5) is 5.00 Å². The molecule has 0 aliphatic carbocycles. The summed E-state index contributed by atoms with van der Waals surface area (Å²) in [5.74, 6) is 0. The lowest BCUT2D eigenvalue weighted by atomic mass is 10.2. The lowest BCUT2D eigenvalue weighted by Gasteiger charge is -1.93. The van der Waals surface area contributed by atoms with Gasteiger partial charge < -0.3 is 5.73 Å². The Morgan fingerprint density at radius 2 is 2.18 bits per heavy atom. The van der Waals surface area contributed by atoms with Gasteiger partial charge in [-0.2, -0.15) is 0 Å². The van der Waals surface area contributed by atoms with Gasteiger partial charge in [-0.3, -0.25) is 0 Å². The van der Waals surface area contributed by atoms with Crippen LogP contribution in [0.3, 0.4) is 0 Å². The molecule has 0 aliphatic rings. The maximum atomic E-state index is 5.60. The molecule has 1 aromatic rings. The van der Waals surface area contributed by atoms with Gasteiger partial charge in [0.1, 0.15) is 0 Å². The largest absolute Gasteiger partial charge is 0.391 e. The number of unbranched alkanes of at least 4 members (excludes halogenated alkanes) is 2. The minimum Gasteiger partial charge on any atom is -0.391 e. The summed E-state index contributed by atoms with van der Waals surface area (Å²) in [6, 6.07) is 4.13. The van der Waals surface area contributed by atoms with Crippen LogP contribution in [0.2, 0.25) is 0 Å². The standard InChI is InChI=1S/C9H15NS/c1-2-3-4-5-8-6-7-9(10)11-8/h6-7H,2-5,10H2,1H3. The maximum absolute atomic E-state index is 5.60. The first-order valence-corrected chi connectivity index (χ1v) is 4.98. The second-order valence-electron chi connectivity index (χ2n) is 2.76. The average Bonchev–Trinajstić information content (AvgIpc) is 2.37. The Kier molecular flexibility index (Phi) is 3.43. The van der Waals surface area contributed by atoms with Gasteiger partial charge in [0.25, 0.3) is 0 Å². The second kappa shape index (κ2) is 4.39. The molecule has 0 saturated carbocycles. The molecule has 0 aliphatic heterocycles. The zero-order chi connectivity index (χ0) is 8.10. The first-order chi connectivity index (χ1) is 5.33. The topological polar surface area (TPSA) is 26.0 Å². The van der Waals surface area contributed by atoms with Crippen molar-refractivity contribution in [2.24, 2.45) is 0 Å². The molecule has 1 nitrogen and oxygen atoms in total. The van der Waals surface area contributed by atoms with E-state index >= 15 is 0 Å². The number of rotatable bonds is 4. The van der Waals surface area contributed by atoms with E-state index in [2.05, 4.69) is 13.0 Å². The molecule has 0 atom stereocenters. The van der Waals surface area contributed by atoms with Crippen LogP contribution < -0.4 is 5.73 Å². The average molecular weight is 169 g/mol. The van der Waals surface area contributed by atoms with Crippen molar-refractivity contribution in [3.63, 3.8) is 0 Å². The van der Waals surface area contributed by atoms with Gasteiger partial charge in [0.15, 0.2) is 0 Å². The van der Waals surface area contributed by atoms with Crippen molar-refractivity contribution < 1.29 is 0 Å². The van der Waals surface area contributed by atoms with Gasteiger partial charge in [0.2, 0.25) is 0 Å². The SMILES string of the molecule is CCCCCc1ccc(N)s1. The normalized spacial score (nSPS) is 10.3. The molecule has 0 unspecified atom stereocenters. The van der Waals surface area contributed by atoms with E-state index in [0.717, 1.165) is 5.00 Å². The monoisotopic (exact) mass is 169 g/mol. The Morgan fingerprint density at radius 3 is 2.73 bits per heavy atom. The number of hydrogen-bond donors (Lipinski definition) is 1. The number of nitrogen functional groups attached to an aromatic ring is 1. The van der Waals surface area contributed by atoms with Gasteiger partial charge in [0.05, 0.1) is 5.00 Å². The highest BCUT2D eigenvalue weighted by Crippen LogP contribution is 2.20. The fourth-order valence-electron chi connectivity index (χ4n) is 1.08. The van der Waals surface area contributed by atoms with Crippen molar-refractivity contribution in [1.82, 2.24) is 0 Å². The Hall–Kier alpha value is -0.500. The molecular weight excluding hydrogens is 154 g/mol. The summed E-state index contributed by atoms with van der Waals surface area (Å²) in [7, 11) is 0. The van der Waals surface area contributed by atoms with E-state index in [9.17, 15) is 0 Å². The van der Waals surface area contributed by atoms with Crippen LogP contribution in [0.5, 0.6) is 0 Å². The summed E-state index contributed by atoms with van der Waals surface area (Å²) in [6.45, 7) is 2.22. The number of hydrogen-bond acceptors (Lipinski definition) is 2. The summed E-state index contributed by atoms with van der Waals surface area (Å²) < 4.78 is 0. The van der Waals surface area contributed by atoms with Crippen LogP contribution in [-0.2, 0) is 6.42 Å². The van der Waals surface area contributed by atoms with E-state index in [4.69, 9.17) is 5.73 Å². The molecule has 1 heterocycles. The fourth-order valence-corrected chi connectivity index (χ4v) is 1.90. The molecule has 62 valence electrons. The van der Waals surface area contributed by atoms with Crippen LogP contribution in [0.25, 0.3) is 0 Å². The molecule has 0 spiro atoms. The summed E-state index contributed by atoms with van der Waals surface area (Å²) in [4.78, 5) is 1.43. The molecule has 0 aromatic carbocycles. The minimum absolute atomic E-state index is 0.941. The summed E-state index contributed by atoms with van der Waals surface area (Å²) in [6.07, 6.45) is 5.13. The third-order valence-electron chi connectivity index (χ3n) is 1.71. The third kappa shape index (κ3) is 2.93. The molecule has 0 saturated heterocycles. The lowest BCUT2D eigenvalue weighted by molar-refractivity contribution is 0.722. The van der Waals surface area contributed by atoms with Crippen LogP contribution in [0.1, 0.15) is 31.1 Å². The van der Waals surface area contributed by atoms with Crippen molar-refractivity contribution in [3.05, 3.63) is 17.0 Å². The van der Waals surface area contributed by atoms with Crippen molar-refractivity contribution in [2.75, 3.05) is 5.73 Å². The van der Waals surface area contributed by atoms with Crippen molar-refractivity contribution >= 4 is 16.3 Å². The predicted molar refractivity (Wildman–Crippen MR) is 52.0 cm³/mol. The van der Waals surface area contributed by atoms with E-state index in [1.165, 1.54) is 30.6 Å². The number of aryl methyl sites for hydroxylation is 1. The quantitative estimate of drug-likeness (QED) is 0.689. The summed E-state index contributed by atoms with van der Waals surface area (Å²) >= 11 is 1.72. The molecule has 2 heteroatoms. The Bertz CT molecular complexity index is 205. The first-order valence-electron chi connectivity index (χ1n) is 4.17. The number of nitrogens with two attached hydrogens (primary N) is 1.